The first-order valence-electron chi connectivity index (χ1n) is 9.86. The Kier molecular flexibility index (Phi) is 5.04. The Morgan fingerprint density at radius 2 is 1.57 bits per heavy atom. The fraction of sp³-hybridized carbons (Fsp3) is 0.200. The molecule has 4 rings (SSSR count). The first-order chi connectivity index (χ1) is 14.5. The number of ether oxygens (including phenoxy) is 1. The van der Waals surface area contributed by atoms with Crippen molar-refractivity contribution in [3.63, 3.8) is 0 Å². The standard InChI is InChI=1S/C25H24N2O3/c1-17-13-14-21(15-18(17)2)25(20-10-5-4-6-11-20)23(28)27(24(29)26-25)16-19-9-7-8-12-22(19)30-3/h4-15H,16H2,1-3H3,(H,26,29)/t25-/m1/s1. The van der Waals surface area contributed by atoms with Crippen LogP contribution in [0.2, 0.25) is 0 Å². The molecule has 1 atom stereocenters. The Balaban J connectivity index is 1.83. The van der Waals surface area contributed by atoms with Gasteiger partial charge in [-0.25, -0.2) is 4.79 Å². The van der Waals surface area contributed by atoms with Crippen LogP contribution in [-0.4, -0.2) is 23.9 Å². The number of aryl methyl sites for hydroxylation is 2. The predicted octanol–water partition coefficient (Wildman–Crippen LogP) is 4.31. The van der Waals surface area contributed by atoms with Crippen molar-refractivity contribution in [3.05, 3.63) is 101 Å². The summed E-state index contributed by atoms with van der Waals surface area (Å²) < 4.78 is 5.41. The molecule has 0 bridgehead atoms. The molecule has 152 valence electrons. The van der Waals surface area contributed by atoms with Crippen molar-refractivity contribution < 1.29 is 14.3 Å². The molecule has 1 heterocycles. The second-order valence-electron chi connectivity index (χ2n) is 7.55. The Morgan fingerprint density at radius 1 is 0.867 bits per heavy atom. The molecule has 5 heteroatoms. The molecule has 1 aliphatic rings. The maximum atomic E-state index is 13.8. The Bertz CT molecular complexity index is 1110. The lowest BCUT2D eigenvalue weighted by molar-refractivity contribution is -0.130. The number of methoxy groups -OCH3 is 1. The third-order valence-corrected chi connectivity index (χ3v) is 5.77. The molecular weight excluding hydrogens is 376 g/mol. The average molecular weight is 400 g/mol. The first-order valence-corrected chi connectivity index (χ1v) is 9.86. The third-order valence-electron chi connectivity index (χ3n) is 5.77. The van der Waals surface area contributed by atoms with Crippen molar-refractivity contribution in [1.82, 2.24) is 10.2 Å². The highest BCUT2D eigenvalue weighted by Gasteiger charge is 2.53. The van der Waals surface area contributed by atoms with E-state index in [1.54, 1.807) is 7.11 Å². The SMILES string of the molecule is COc1ccccc1CN1C(=O)N[C@](c2ccccc2)(c2ccc(C)c(C)c2)C1=O. The van der Waals surface area contributed by atoms with Gasteiger partial charge in [-0.2, -0.15) is 0 Å². The van der Waals surface area contributed by atoms with Crippen LogP contribution in [0.15, 0.2) is 72.8 Å². The summed E-state index contributed by atoms with van der Waals surface area (Å²) in [5.74, 6) is 0.342. The number of rotatable bonds is 5. The highest BCUT2D eigenvalue weighted by atomic mass is 16.5. The van der Waals surface area contributed by atoms with Gasteiger partial charge in [-0.3, -0.25) is 9.69 Å². The van der Waals surface area contributed by atoms with Gasteiger partial charge < -0.3 is 10.1 Å². The summed E-state index contributed by atoms with van der Waals surface area (Å²) in [6, 6.07) is 22.3. The topological polar surface area (TPSA) is 58.6 Å². The molecule has 0 unspecified atom stereocenters. The minimum absolute atomic E-state index is 0.133. The Hall–Kier alpha value is -3.60. The number of imide groups is 1. The number of carbonyl (C=O) groups excluding carboxylic acids is 2. The minimum Gasteiger partial charge on any atom is -0.496 e. The number of urea groups is 1. The Morgan fingerprint density at radius 3 is 2.27 bits per heavy atom. The van der Waals surface area contributed by atoms with E-state index < -0.39 is 11.6 Å². The van der Waals surface area contributed by atoms with Gasteiger partial charge in [0.05, 0.1) is 13.7 Å². The van der Waals surface area contributed by atoms with Gasteiger partial charge >= 0.3 is 6.03 Å². The fourth-order valence-electron chi connectivity index (χ4n) is 3.94. The van der Waals surface area contributed by atoms with E-state index in [2.05, 4.69) is 5.32 Å². The van der Waals surface area contributed by atoms with Gasteiger partial charge in [0, 0.05) is 5.56 Å². The van der Waals surface area contributed by atoms with E-state index >= 15 is 0 Å². The normalized spacial score (nSPS) is 18.4. The molecule has 3 amide bonds. The van der Waals surface area contributed by atoms with Crippen LogP contribution < -0.4 is 10.1 Å². The van der Waals surface area contributed by atoms with E-state index in [1.807, 2.05) is 86.6 Å². The monoisotopic (exact) mass is 400 g/mol. The lowest BCUT2D eigenvalue weighted by Gasteiger charge is -2.28. The van der Waals surface area contributed by atoms with Gasteiger partial charge in [0.2, 0.25) is 0 Å². The molecule has 30 heavy (non-hydrogen) atoms. The summed E-state index contributed by atoms with van der Waals surface area (Å²) in [5, 5.41) is 3.00. The number of benzene rings is 3. The second kappa shape index (κ2) is 7.67. The number of nitrogens with zero attached hydrogens (tertiary/aromatic N) is 1. The largest absolute Gasteiger partial charge is 0.496 e. The highest BCUT2D eigenvalue weighted by molar-refractivity contribution is 6.09. The van der Waals surface area contributed by atoms with E-state index in [9.17, 15) is 9.59 Å². The lowest BCUT2D eigenvalue weighted by Crippen LogP contribution is -2.45. The smallest absolute Gasteiger partial charge is 0.325 e. The van der Waals surface area contributed by atoms with E-state index in [-0.39, 0.29) is 12.5 Å². The molecule has 3 aromatic rings. The van der Waals surface area contributed by atoms with Gasteiger partial charge in [-0.05, 0) is 42.2 Å². The van der Waals surface area contributed by atoms with Crippen LogP contribution in [0.1, 0.15) is 27.8 Å². The minimum atomic E-state index is -1.27. The van der Waals surface area contributed by atoms with Crippen LogP contribution in [0.3, 0.4) is 0 Å². The van der Waals surface area contributed by atoms with Gasteiger partial charge in [0.15, 0.2) is 5.54 Å². The summed E-state index contributed by atoms with van der Waals surface area (Å²) >= 11 is 0. The number of hydrogen-bond acceptors (Lipinski definition) is 3. The van der Waals surface area contributed by atoms with Crippen LogP contribution in [0.4, 0.5) is 4.79 Å². The molecule has 1 saturated heterocycles. The van der Waals surface area contributed by atoms with Crippen LogP contribution in [0, 0.1) is 13.8 Å². The van der Waals surface area contributed by atoms with Gasteiger partial charge in [0.25, 0.3) is 5.91 Å². The maximum Gasteiger partial charge on any atom is 0.325 e. The van der Waals surface area contributed by atoms with Crippen molar-refractivity contribution in [2.75, 3.05) is 7.11 Å². The van der Waals surface area contributed by atoms with Crippen LogP contribution in [0.5, 0.6) is 5.75 Å². The van der Waals surface area contributed by atoms with E-state index in [1.165, 1.54) is 4.90 Å². The van der Waals surface area contributed by atoms with Gasteiger partial charge in [-0.1, -0.05) is 66.7 Å². The van der Waals surface area contributed by atoms with Crippen LogP contribution in [0.25, 0.3) is 0 Å². The number of para-hydroxylation sites is 1. The maximum absolute atomic E-state index is 13.8. The molecule has 0 saturated carbocycles. The molecule has 0 radical (unpaired) electrons. The molecule has 5 nitrogen and oxygen atoms in total. The van der Waals surface area contributed by atoms with Crippen molar-refractivity contribution >= 4 is 11.9 Å². The third kappa shape index (κ3) is 3.12. The van der Waals surface area contributed by atoms with Gasteiger partial charge in [-0.15, -0.1) is 0 Å². The quantitative estimate of drug-likeness (QED) is 0.650. The number of amides is 3. The average Bonchev–Trinajstić information content (AvgIpc) is 3.02. The summed E-state index contributed by atoms with van der Waals surface area (Å²) in [6.45, 7) is 4.16. The van der Waals surface area contributed by atoms with Crippen molar-refractivity contribution in [2.45, 2.75) is 25.9 Å². The fourth-order valence-corrected chi connectivity index (χ4v) is 3.94. The summed E-state index contributed by atoms with van der Waals surface area (Å²) in [5.41, 5.74) is 3.18. The van der Waals surface area contributed by atoms with Crippen LogP contribution in [-0.2, 0) is 16.9 Å². The zero-order valence-corrected chi connectivity index (χ0v) is 17.3. The molecule has 0 aromatic heterocycles. The van der Waals surface area contributed by atoms with E-state index in [0.29, 0.717) is 5.75 Å². The molecular formula is C25H24N2O3. The lowest BCUT2D eigenvalue weighted by atomic mass is 9.81. The Labute approximate surface area is 176 Å². The molecule has 3 aromatic carbocycles. The molecule has 1 N–H and O–H groups in total. The number of carbonyl (C=O) groups is 2. The van der Waals surface area contributed by atoms with Crippen molar-refractivity contribution in [3.8, 4) is 5.75 Å². The molecule has 0 aliphatic carbocycles. The zero-order valence-electron chi connectivity index (χ0n) is 17.3. The summed E-state index contributed by atoms with van der Waals surface area (Å²) in [4.78, 5) is 28.2. The molecule has 0 spiro atoms. The molecule has 1 aliphatic heterocycles. The van der Waals surface area contributed by atoms with E-state index in [4.69, 9.17) is 4.74 Å². The van der Waals surface area contributed by atoms with Crippen LogP contribution >= 0.6 is 0 Å². The molecule has 1 fully saturated rings. The number of nitrogens with one attached hydrogen (secondary N) is 1. The second-order valence-corrected chi connectivity index (χ2v) is 7.55. The van der Waals surface area contributed by atoms with E-state index in [0.717, 1.165) is 27.8 Å². The summed E-state index contributed by atoms with van der Waals surface area (Å²) in [7, 11) is 1.58. The first kappa shape index (κ1) is 19.7. The predicted molar refractivity (Wildman–Crippen MR) is 115 cm³/mol. The number of hydrogen-bond donors (Lipinski definition) is 1. The highest BCUT2D eigenvalue weighted by Crippen LogP contribution is 2.37. The van der Waals surface area contributed by atoms with Gasteiger partial charge in [0.1, 0.15) is 5.75 Å². The van der Waals surface area contributed by atoms with Crippen molar-refractivity contribution in [1.29, 1.82) is 0 Å². The van der Waals surface area contributed by atoms with Crippen molar-refractivity contribution in [2.24, 2.45) is 0 Å². The summed E-state index contributed by atoms with van der Waals surface area (Å²) in [6.07, 6.45) is 0. The zero-order chi connectivity index (χ0) is 21.3.